The second-order valence-electron chi connectivity index (χ2n) is 5.51. The first-order valence-corrected chi connectivity index (χ1v) is 8.52. The minimum Gasteiger partial charge on any atom is -0.207 e. The molecule has 0 aromatic heterocycles. The lowest BCUT2D eigenvalue weighted by atomic mass is 10.0. The Morgan fingerprint density at radius 2 is 1.85 bits per heavy atom. The quantitative estimate of drug-likeness (QED) is 0.786. The summed E-state index contributed by atoms with van der Waals surface area (Å²) in [6.45, 7) is 6.03. The zero-order valence-electron chi connectivity index (χ0n) is 11.9. The summed E-state index contributed by atoms with van der Waals surface area (Å²) >= 11 is 6.19. The lowest BCUT2D eigenvalue weighted by molar-refractivity contribution is 0.293. The van der Waals surface area contributed by atoms with Gasteiger partial charge >= 0.3 is 0 Å². The second-order valence-corrected chi connectivity index (χ2v) is 7.95. The van der Waals surface area contributed by atoms with Crippen LogP contribution in [-0.4, -0.2) is 31.2 Å². The van der Waals surface area contributed by atoms with Crippen LogP contribution in [0, 0.1) is 25.6 Å². The van der Waals surface area contributed by atoms with Crippen LogP contribution >= 0.6 is 11.6 Å². The summed E-state index contributed by atoms with van der Waals surface area (Å²) in [6.07, 6.45) is 0.743. The van der Waals surface area contributed by atoms with Crippen LogP contribution in [0.4, 0.5) is 4.39 Å². The number of rotatable bonds is 2. The van der Waals surface area contributed by atoms with E-state index in [1.54, 1.807) is 13.8 Å². The molecule has 0 spiro atoms. The first kappa shape index (κ1) is 15.7. The van der Waals surface area contributed by atoms with Gasteiger partial charge in [-0.1, -0.05) is 6.92 Å². The Kier molecular flexibility index (Phi) is 4.42. The average molecular weight is 320 g/mol. The summed E-state index contributed by atoms with van der Waals surface area (Å²) in [5.74, 6) is -0.111. The van der Waals surface area contributed by atoms with Gasteiger partial charge in [-0.3, -0.25) is 0 Å². The molecule has 2 atom stereocenters. The number of nitrogens with zero attached hydrogens (tertiary/aromatic N) is 1. The van der Waals surface area contributed by atoms with Crippen molar-refractivity contribution in [2.45, 2.75) is 37.5 Å². The Labute approximate surface area is 124 Å². The van der Waals surface area contributed by atoms with Crippen molar-refractivity contribution in [1.29, 1.82) is 0 Å². The molecule has 0 amide bonds. The highest BCUT2D eigenvalue weighted by Crippen LogP contribution is 2.30. The smallest absolute Gasteiger partial charge is 0.207 e. The predicted molar refractivity (Wildman–Crippen MR) is 78.1 cm³/mol. The van der Waals surface area contributed by atoms with Gasteiger partial charge in [-0.25, -0.2) is 12.8 Å². The highest BCUT2D eigenvalue weighted by molar-refractivity contribution is 7.89. The third-order valence-corrected chi connectivity index (χ3v) is 6.59. The minimum absolute atomic E-state index is 0.181. The molecule has 112 valence electrons. The fourth-order valence-electron chi connectivity index (χ4n) is 2.65. The van der Waals surface area contributed by atoms with E-state index in [2.05, 4.69) is 0 Å². The molecule has 1 aromatic carbocycles. The third kappa shape index (κ3) is 2.85. The molecule has 1 aromatic rings. The van der Waals surface area contributed by atoms with Gasteiger partial charge in [0.25, 0.3) is 0 Å². The molecule has 20 heavy (non-hydrogen) atoms. The lowest BCUT2D eigenvalue weighted by Gasteiger charge is -2.33. The summed E-state index contributed by atoms with van der Waals surface area (Å²) in [5.41, 5.74) is 0.875. The monoisotopic (exact) mass is 319 g/mol. The zero-order valence-corrected chi connectivity index (χ0v) is 13.4. The standard InChI is InChI=1S/C14H19ClFNO2S/c1-9-4-5-17(8-13(9)15)20(18,19)14-10(2)6-12(16)7-11(14)3/h6-7,9,13H,4-5,8H2,1-3H3. The van der Waals surface area contributed by atoms with E-state index < -0.39 is 15.8 Å². The third-order valence-electron chi connectivity index (χ3n) is 3.85. The van der Waals surface area contributed by atoms with E-state index in [0.717, 1.165) is 6.42 Å². The molecule has 0 bridgehead atoms. The normalized spacial score (nSPS) is 24.9. The van der Waals surface area contributed by atoms with Crippen molar-refractivity contribution >= 4 is 21.6 Å². The maximum atomic E-state index is 13.3. The van der Waals surface area contributed by atoms with Gasteiger partial charge < -0.3 is 0 Å². The summed E-state index contributed by atoms with van der Waals surface area (Å²) in [7, 11) is -3.61. The summed E-state index contributed by atoms with van der Waals surface area (Å²) in [4.78, 5) is 0.206. The highest BCUT2D eigenvalue weighted by Gasteiger charge is 2.34. The molecule has 0 saturated carbocycles. The van der Waals surface area contributed by atoms with Gasteiger partial charge in [0.15, 0.2) is 0 Å². The molecular weight excluding hydrogens is 301 g/mol. The number of hydrogen-bond acceptors (Lipinski definition) is 2. The van der Waals surface area contributed by atoms with Crippen LogP contribution < -0.4 is 0 Å². The number of halogens is 2. The van der Waals surface area contributed by atoms with Crippen LogP contribution in [0.25, 0.3) is 0 Å². The topological polar surface area (TPSA) is 37.4 Å². The lowest BCUT2D eigenvalue weighted by Crippen LogP contribution is -2.44. The number of aryl methyl sites for hydroxylation is 2. The molecule has 1 fully saturated rings. The van der Waals surface area contributed by atoms with Crippen molar-refractivity contribution < 1.29 is 12.8 Å². The molecule has 2 unspecified atom stereocenters. The Balaban J connectivity index is 2.41. The zero-order chi connectivity index (χ0) is 15.1. The summed E-state index contributed by atoms with van der Waals surface area (Å²) in [5, 5.41) is -0.181. The maximum Gasteiger partial charge on any atom is 0.243 e. The van der Waals surface area contributed by atoms with Crippen LogP contribution in [0.1, 0.15) is 24.5 Å². The van der Waals surface area contributed by atoms with E-state index in [9.17, 15) is 12.8 Å². The van der Waals surface area contributed by atoms with E-state index >= 15 is 0 Å². The fraction of sp³-hybridized carbons (Fsp3) is 0.571. The van der Waals surface area contributed by atoms with Crippen LogP contribution in [-0.2, 0) is 10.0 Å². The van der Waals surface area contributed by atoms with Crippen molar-refractivity contribution in [2.75, 3.05) is 13.1 Å². The summed E-state index contributed by atoms with van der Waals surface area (Å²) in [6, 6.07) is 2.51. The molecule has 1 saturated heterocycles. The Bertz CT molecular complexity index is 595. The number of hydrogen-bond donors (Lipinski definition) is 0. The number of sulfonamides is 1. The second kappa shape index (κ2) is 5.62. The van der Waals surface area contributed by atoms with Crippen molar-refractivity contribution in [3.8, 4) is 0 Å². The van der Waals surface area contributed by atoms with Gasteiger partial charge in [-0.2, -0.15) is 4.31 Å². The Morgan fingerprint density at radius 1 is 1.30 bits per heavy atom. The number of alkyl halides is 1. The van der Waals surface area contributed by atoms with Crippen LogP contribution in [0.15, 0.2) is 17.0 Å². The van der Waals surface area contributed by atoms with E-state index in [1.165, 1.54) is 16.4 Å². The van der Waals surface area contributed by atoms with Gasteiger partial charge in [0.05, 0.1) is 4.90 Å². The predicted octanol–water partition coefficient (Wildman–Crippen LogP) is 3.08. The molecule has 0 aliphatic carbocycles. The first-order chi connectivity index (χ1) is 9.23. The van der Waals surface area contributed by atoms with Crippen LogP contribution in [0.3, 0.4) is 0 Å². The number of piperidine rings is 1. The van der Waals surface area contributed by atoms with Gasteiger partial charge in [-0.05, 0) is 49.4 Å². The van der Waals surface area contributed by atoms with Crippen molar-refractivity contribution in [3.05, 3.63) is 29.1 Å². The average Bonchev–Trinajstić information content (AvgIpc) is 2.30. The van der Waals surface area contributed by atoms with E-state index in [-0.39, 0.29) is 10.3 Å². The molecule has 0 radical (unpaired) electrons. The van der Waals surface area contributed by atoms with Crippen molar-refractivity contribution in [2.24, 2.45) is 5.92 Å². The van der Waals surface area contributed by atoms with Gasteiger partial charge in [0.1, 0.15) is 5.82 Å². The first-order valence-electron chi connectivity index (χ1n) is 6.64. The van der Waals surface area contributed by atoms with Gasteiger partial charge in [0, 0.05) is 18.5 Å². The van der Waals surface area contributed by atoms with Crippen LogP contribution in [0.2, 0.25) is 0 Å². The molecule has 1 heterocycles. The fourth-order valence-corrected chi connectivity index (χ4v) is 4.91. The summed E-state index contributed by atoms with van der Waals surface area (Å²) < 4.78 is 40.2. The van der Waals surface area contributed by atoms with Gasteiger partial charge in [-0.15, -0.1) is 11.6 Å². The van der Waals surface area contributed by atoms with Crippen molar-refractivity contribution in [3.63, 3.8) is 0 Å². The minimum atomic E-state index is -3.61. The number of benzene rings is 1. The molecule has 3 nitrogen and oxygen atoms in total. The molecule has 2 rings (SSSR count). The van der Waals surface area contributed by atoms with E-state index in [1.807, 2.05) is 6.92 Å². The molecule has 1 aliphatic heterocycles. The highest BCUT2D eigenvalue weighted by atomic mass is 35.5. The van der Waals surface area contributed by atoms with Gasteiger partial charge in [0.2, 0.25) is 10.0 Å². The van der Waals surface area contributed by atoms with E-state index in [4.69, 9.17) is 11.6 Å². The van der Waals surface area contributed by atoms with Crippen LogP contribution in [0.5, 0.6) is 0 Å². The largest absolute Gasteiger partial charge is 0.243 e. The maximum absolute atomic E-state index is 13.3. The molecule has 1 aliphatic rings. The molecular formula is C14H19ClFNO2S. The Morgan fingerprint density at radius 3 is 2.35 bits per heavy atom. The van der Waals surface area contributed by atoms with Crippen molar-refractivity contribution in [1.82, 2.24) is 4.31 Å². The molecule has 0 N–H and O–H groups in total. The van der Waals surface area contributed by atoms with E-state index in [0.29, 0.717) is 30.1 Å². The Hall–Kier alpha value is -0.650. The SMILES string of the molecule is Cc1cc(F)cc(C)c1S(=O)(=O)N1CCC(C)C(Cl)C1. The molecule has 6 heteroatoms.